The lowest BCUT2D eigenvalue weighted by Crippen LogP contribution is -2.54. The molecule has 0 saturated carbocycles. The normalized spacial score (nSPS) is 27.2. The second-order valence-corrected chi connectivity index (χ2v) is 4.23. The zero-order valence-corrected chi connectivity index (χ0v) is 9.50. The molecule has 1 fully saturated rings. The second kappa shape index (κ2) is 4.23. The highest BCUT2D eigenvalue weighted by atomic mass is 16.3. The lowest BCUT2D eigenvalue weighted by atomic mass is 9.97. The third-order valence-corrected chi connectivity index (χ3v) is 2.98. The first-order valence-electron chi connectivity index (χ1n) is 5.29. The molecule has 1 aliphatic rings. The fraction of sp³-hybridized carbons (Fsp3) is 0.417. The highest BCUT2D eigenvalue weighted by molar-refractivity contribution is 5.82. The Kier molecular flexibility index (Phi) is 2.94. The minimum atomic E-state index is -0.980. The van der Waals surface area contributed by atoms with Crippen LogP contribution in [0.15, 0.2) is 30.3 Å². The number of nitrogens with zero attached hydrogens (tertiary/aromatic N) is 2. The van der Waals surface area contributed by atoms with Crippen molar-refractivity contribution in [3.05, 3.63) is 35.9 Å². The van der Waals surface area contributed by atoms with Crippen LogP contribution in [0.3, 0.4) is 0 Å². The maximum atomic E-state index is 11.7. The van der Waals surface area contributed by atoms with E-state index in [4.69, 9.17) is 0 Å². The largest absolute Gasteiger partial charge is 0.381 e. The predicted molar refractivity (Wildman–Crippen MR) is 60.6 cm³/mol. The average molecular weight is 220 g/mol. The number of hydrogen-bond donors (Lipinski definition) is 1. The van der Waals surface area contributed by atoms with Crippen LogP contribution in [0.4, 0.5) is 0 Å². The molecule has 4 nitrogen and oxygen atoms in total. The van der Waals surface area contributed by atoms with Crippen molar-refractivity contribution in [1.29, 1.82) is 0 Å². The summed E-state index contributed by atoms with van der Waals surface area (Å²) in [6.45, 7) is 0.537. The van der Waals surface area contributed by atoms with Crippen molar-refractivity contribution in [2.45, 2.75) is 12.1 Å². The maximum absolute atomic E-state index is 11.7. The van der Waals surface area contributed by atoms with Crippen molar-refractivity contribution in [3.8, 4) is 0 Å². The number of hydrogen-bond acceptors (Lipinski definition) is 3. The number of likely N-dealkylation sites (N-methyl/N-ethyl adjacent to an activating group) is 2. The van der Waals surface area contributed by atoms with Gasteiger partial charge in [0.1, 0.15) is 0 Å². The molecule has 2 rings (SSSR count). The molecule has 4 heteroatoms. The van der Waals surface area contributed by atoms with Gasteiger partial charge in [-0.25, -0.2) is 0 Å². The van der Waals surface area contributed by atoms with Gasteiger partial charge in [-0.1, -0.05) is 30.3 Å². The number of aliphatic hydroxyl groups is 1. The quantitative estimate of drug-likeness (QED) is 0.747. The summed E-state index contributed by atoms with van der Waals surface area (Å²) in [7, 11) is 3.60. The molecule has 2 atom stereocenters. The molecule has 0 aromatic heterocycles. The molecule has 1 aliphatic heterocycles. The lowest BCUT2D eigenvalue weighted by Gasteiger charge is -2.40. The highest BCUT2D eigenvalue weighted by Gasteiger charge is 2.37. The number of carbonyl (C=O) groups excluding carboxylic acids is 1. The minimum Gasteiger partial charge on any atom is -0.381 e. The first-order chi connectivity index (χ1) is 7.61. The van der Waals surface area contributed by atoms with Crippen LogP contribution >= 0.6 is 0 Å². The van der Waals surface area contributed by atoms with Crippen molar-refractivity contribution in [1.82, 2.24) is 9.80 Å². The van der Waals surface area contributed by atoms with E-state index in [1.165, 1.54) is 4.90 Å². The Morgan fingerprint density at radius 2 is 1.88 bits per heavy atom. The van der Waals surface area contributed by atoms with Crippen LogP contribution in [0.2, 0.25) is 0 Å². The second-order valence-electron chi connectivity index (χ2n) is 4.23. The van der Waals surface area contributed by atoms with E-state index in [-0.39, 0.29) is 11.9 Å². The van der Waals surface area contributed by atoms with Crippen molar-refractivity contribution >= 4 is 5.91 Å². The summed E-state index contributed by atoms with van der Waals surface area (Å²) in [5.74, 6) is -0.216. The van der Waals surface area contributed by atoms with Crippen LogP contribution in [-0.4, -0.2) is 47.7 Å². The van der Waals surface area contributed by atoms with Crippen LogP contribution in [0.25, 0.3) is 0 Å². The van der Waals surface area contributed by atoms with E-state index in [2.05, 4.69) is 0 Å². The summed E-state index contributed by atoms with van der Waals surface area (Å²) in [4.78, 5) is 15.2. The Bertz CT molecular complexity index is 380. The number of amides is 1. The topological polar surface area (TPSA) is 43.8 Å². The molecular weight excluding hydrogens is 204 g/mol. The number of rotatable bonds is 1. The van der Waals surface area contributed by atoms with Crippen LogP contribution in [0.1, 0.15) is 11.6 Å². The fourth-order valence-corrected chi connectivity index (χ4v) is 2.18. The SMILES string of the molecule is CN1CN(C)[C@H](c2ccccc2)[C@@H](O)C1=O. The van der Waals surface area contributed by atoms with Gasteiger partial charge in [-0.2, -0.15) is 0 Å². The highest BCUT2D eigenvalue weighted by Crippen LogP contribution is 2.27. The van der Waals surface area contributed by atoms with E-state index < -0.39 is 6.10 Å². The Labute approximate surface area is 95.1 Å². The summed E-state index contributed by atoms with van der Waals surface area (Å²) in [5.41, 5.74) is 0.971. The third kappa shape index (κ3) is 1.81. The van der Waals surface area contributed by atoms with E-state index in [0.717, 1.165) is 5.56 Å². The number of aliphatic hydroxyl groups excluding tert-OH is 1. The third-order valence-electron chi connectivity index (χ3n) is 2.98. The van der Waals surface area contributed by atoms with Crippen molar-refractivity contribution < 1.29 is 9.90 Å². The lowest BCUT2D eigenvalue weighted by molar-refractivity contribution is -0.153. The zero-order valence-electron chi connectivity index (χ0n) is 9.50. The Balaban J connectivity index is 2.30. The first kappa shape index (κ1) is 11.1. The van der Waals surface area contributed by atoms with Gasteiger partial charge in [0.25, 0.3) is 5.91 Å². The molecule has 1 amide bonds. The molecule has 0 unspecified atom stereocenters. The molecule has 0 bridgehead atoms. The van der Waals surface area contributed by atoms with Gasteiger partial charge in [0.2, 0.25) is 0 Å². The van der Waals surface area contributed by atoms with Gasteiger partial charge in [-0.3, -0.25) is 9.69 Å². The van der Waals surface area contributed by atoms with Gasteiger partial charge in [0.15, 0.2) is 6.10 Å². The average Bonchev–Trinajstić information content (AvgIpc) is 2.28. The minimum absolute atomic E-state index is 0.216. The van der Waals surface area contributed by atoms with E-state index in [1.807, 2.05) is 42.3 Å². The van der Waals surface area contributed by atoms with Crippen LogP contribution in [0, 0.1) is 0 Å². The summed E-state index contributed by atoms with van der Waals surface area (Å²) < 4.78 is 0. The maximum Gasteiger partial charge on any atom is 0.254 e. The van der Waals surface area contributed by atoms with Crippen LogP contribution < -0.4 is 0 Å². The smallest absolute Gasteiger partial charge is 0.254 e. The Morgan fingerprint density at radius 1 is 1.25 bits per heavy atom. The van der Waals surface area contributed by atoms with Crippen LogP contribution in [0.5, 0.6) is 0 Å². The molecule has 86 valence electrons. The molecule has 1 heterocycles. The molecule has 16 heavy (non-hydrogen) atoms. The van der Waals surface area contributed by atoms with Crippen molar-refractivity contribution in [2.24, 2.45) is 0 Å². The van der Waals surface area contributed by atoms with Crippen molar-refractivity contribution in [2.75, 3.05) is 20.8 Å². The van der Waals surface area contributed by atoms with Gasteiger partial charge in [0, 0.05) is 7.05 Å². The summed E-state index contributed by atoms with van der Waals surface area (Å²) >= 11 is 0. The standard InChI is InChI=1S/C12H16N2O2/c1-13-8-14(2)12(16)11(15)10(13)9-6-4-3-5-7-9/h3-7,10-11,15H,8H2,1-2H3/t10-,11-/m1/s1. The fourth-order valence-electron chi connectivity index (χ4n) is 2.18. The van der Waals surface area contributed by atoms with Gasteiger partial charge in [0.05, 0.1) is 12.7 Å². The van der Waals surface area contributed by atoms with Gasteiger partial charge in [-0.15, -0.1) is 0 Å². The number of carbonyl (C=O) groups is 1. The van der Waals surface area contributed by atoms with Crippen LogP contribution in [-0.2, 0) is 4.79 Å². The van der Waals surface area contributed by atoms with E-state index in [1.54, 1.807) is 7.05 Å². The summed E-state index contributed by atoms with van der Waals surface area (Å²) in [6.07, 6.45) is -0.980. The van der Waals surface area contributed by atoms with Crippen molar-refractivity contribution in [3.63, 3.8) is 0 Å². The molecule has 0 radical (unpaired) electrons. The van der Waals surface area contributed by atoms with Gasteiger partial charge in [-0.05, 0) is 12.6 Å². The van der Waals surface area contributed by atoms with E-state index >= 15 is 0 Å². The summed E-state index contributed by atoms with van der Waals surface area (Å²) in [5, 5.41) is 10.00. The Hall–Kier alpha value is -1.39. The molecule has 0 spiro atoms. The Morgan fingerprint density at radius 3 is 2.50 bits per heavy atom. The molecule has 0 aliphatic carbocycles. The molecule has 1 saturated heterocycles. The van der Waals surface area contributed by atoms with E-state index in [0.29, 0.717) is 6.67 Å². The first-order valence-corrected chi connectivity index (χ1v) is 5.29. The van der Waals surface area contributed by atoms with Gasteiger partial charge < -0.3 is 10.0 Å². The monoisotopic (exact) mass is 220 g/mol. The molecule has 1 aromatic rings. The van der Waals surface area contributed by atoms with E-state index in [9.17, 15) is 9.90 Å². The zero-order chi connectivity index (χ0) is 11.7. The molecule has 1 N–H and O–H groups in total. The molecular formula is C12H16N2O2. The number of benzene rings is 1. The molecule has 1 aromatic carbocycles. The van der Waals surface area contributed by atoms with Gasteiger partial charge >= 0.3 is 0 Å². The predicted octanol–water partition coefficient (Wildman–Crippen LogP) is 0.450. The summed E-state index contributed by atoms with van der Waals surface area (Å²) in [6, 6.07) is 9.38.